The SMILES string of the molecule is COc1cnccc1C(=O)NCC1CCC(N)C1. The Hall–Kier alpha value is -1.62. The lowest BCUT2D eigenvalue weighted by Crippen LogP contribution is -2.29. The summed E-state index contributed by atoms with van der Waals surface area (Å²) in [5.41, 5.74) is 6.37. The predicted octanol–water partition coefficient (Wildman–Crippen LogP) is 0.947. The number of carbonyl (C=O) groups is 1. The Morgan fingerprint density at radius 1 is 1.61 bits per heavy atom. The van der Waals surface area contributed by atoms with Gasteiger partial charge in [0, 0.05) is 18.8 Å². The van der Waals surface area contributed by atoms with Crippen LogP contribution in [-0.2, 0) is 0 Å². The molecule has 5 heteroatoms. The molecule has 0 saturated heterocycles. The van der Waals surface area contributed by atoms with Crippen molar-refractivity contribution in [2.75, 3.05) is 13.7 Å². The van der Waals surface area contributed by atoms with Crippen LogP contribution in [0.25, 0.3) is 0 Å². The molecule has 1 heterocycles. The minimum Gasteiger partial charge on any atom is -0.494 e. The second kappa shape index (κ2) is 5.82. The highest BCUT2D eigenvalue weighted by Gasteiger charge is 2.22. The maximum Gasteiger partial charge on any atom is 0.255 e. The zero-order valence-corrected chi connectivity index (χ0v) is 10.6. The summed E-state index contributed by atoms with van der Waals surface area (Å²) in [6, 6.07) is 1.96. The summed E-state index contributed by atoms with van der Waals surface area (Å²) in [7, 11) is 1.53. The smallest absolute Gasteiger partial charge is 0.255 e. The molecule has 0 bridgehead atoms. The number of ether oxygens (including phenoxy) is 1. The van der Waals surface area contributed by atoms with Crippen molar-refractivity contribution >= 4 is 5.91 Å². The number of rotatable bonds is 4. The van der Waals surface area contributed by atoms with E-state index in [4.69, 9.17) is 10.5 Å². The Morgan fingerprint density at radius 2 is 2.44 bits per heavy atom. The van der Waals surface area contributed by atoms with Crippen LogP contribution in [0.15, 0.2) is 18.5 Å². The fourth-order valence-electron chi connectivity index (χ4n) is 2.36. The highest BCUT2D eigenvalue weighted by Crippen LogP contribution is 2.23. The van der Waals surface area contributed by atoms with E-state index >= 15 is 0 Å². The quantitative estimate of drug-likeness (QED) is 0.832. The molecular formula is C13H19N3O2. The normalized spacial score (nSPS) is 22.8. The van der Waals surface area contributed by atoms with Gasteiger partial charge in [-0.1, -0.05) is 0 Å². The number of hydrogen-bond donors (Lipinski definition) is 2. The molecule has 1 amide bonds. The third kappa shape index (κ3) is 2.98. The van der Waals surface area contributed by atoms with Gasteiger partial charge >= 0.3 is 0 Å². The average molecular weight is 249 g/mol. The standard InChI is InChI=1S/C13H19N3O2/c1-18-12-8-15-5-4-11(12)13(17)16-7-9-2-3-10(14)6-9/h4-5,8-10H,2-3,6-7,14H2,1H3,(H,16,17). The number of pyridine rings is 1. The van der Waals surface area contributed by atoms with E-state index in [1.54, 1.807) is 18.5 Å². The van der Waals surface area contributed by atoms with Crippen molar-refractivity contribution in [3.63, 3.8) is 0 Å². The first kappa shape index (κ1) is 12.8. The minimum atomic E-state index is -0.116. The van der Waals surface area contributed by atoms with Crippen molar-refractivity contribution in [2.24, 2.45) is 11.7 Å². The van der Waals surface area contributed by atoms with Gasteiger partial charge in [-0.3, -0.25) is 9.78 Å². The summed E-state index contributed by atoms with van der Waals surface area (Å²) in [4.78, 5) is 15.9. The summed E-state index contributed by atoms with van der Waals surface area (Å²) < 4.78 is 5.11. The molecule has 1 saturated carbocycles. The molecule has 0 radical (unpaired) electrons. The van der Waals surface area contributed by atoms with E-state index in [0.717, 1.165) is 19.3 Å². The third-order valence-corrected chi connectivity index (χ3v) is 3.38. The van der Waals surface area contributed by atoms with E-state index in [0.29, 0.717) is 29.8 Å². The molecule has 0 aliphatic heterocycles. The largest absolute Gasteiger partial charge is 0.494 e. The zero-order valence-electron chi connectivity index (χ0n) is 10.6. The van der Waals surface area contributed by atoms with E-state index in [2.05, 4.69) is 10.3 Å². The van der Waals surface area contributed by atoms with Gasteiger partial charge in [0.25, 0.3) is 5.91 Å². The van der Waals surface area contributed by atoms with Crippen LogP contribution in [0, 0.1) is 5.92 Å². The van der Waals surface area contributed by atoms with Gasteiger partial charge in [0.1, 0.15) is 5.75 Å². The molecule has 1 aromatic heterocycles. The van der Waals surface area contributed by atoms with Crippen molar-refractivity contribution < 1.29 is 9.53 Å². The van der Waals surface area contributed by atoms with Gasteiger partial charge in [-0.2, -0.15) is 0 Å². The molecule has 1 aliphatic carbocycles. The van der Waals surface area contributed by atoms with Gasteiger partial charge in [0.15, 0.2) is 0 Å². The number of nitrogens with zero attached hydrogens (tertiary/aromatic N) is 1. The second-order valence-corrected chi connectivity index (χ2v) is 4.73. The molecular weight excluding hydrogens is 230 g/mol. The van der Waals surface area contributed by atoms with Crippen molar-refractivity contribution in [3.05, 3.63) is 24.0 Å². The van der Waals surface area contributed by atoms with Crippen LogP contribution in [0.5, 0.6) is 5.75 Å². The first-order valence-corrected chi connectivity index (χ1v) is 6.22. The first-order valence-electron chi connectivity index (χ1n) is 6.22. The van der Waals surface area contributed by atoms with Crippen molar-refractivity contribution in [1.29, 1.82) is 0 Å². The molecule has 0 spiro atoms. The second-order valence-electron chi connectivity index (χ2n) is 4.73. The molecule has 0 aromatic carbocycles. The molecule has 3 N–H and O–H groups in total. The van der Waals surface area contributed by atoms with Crippen LogP contribution in [0.2, 0.25) is 0 Å². The molecule has 2 unspecified atom stereocenters. The molecule has 1 aromatic rings. The maximum atomic E-state index is 12.0. The van der Waals surface area contributed by atoms with Crippen LogP contribution in [0.3, 0.4) is 0 Å². The number of nitrogens with two attached hydrogens (primary N) is 1. The van der Waals surface area contributed by atoms with E-state index in [1.807, 2.05) is 0 Å². The van der Waals surface area contributed by atoms with Gasteiger partial charge in [0.05, 0.1) is 18.9 Å². The Balaban J connectivity index is 1.91. The highest BCUT2D eigenvalue weighted by atomic mass is 16.5. The predicted molar refractivity (Wildman–Crippen MR) is 68.4 cm³/mol. The van der Waals surface area contributed by atoms with Crippen LogP contribution in [-0.4, -0.2) is 30.6 Å². The van der Waals surface area contributed by atoms with E-state index in [-0.39, 0.29) is 5.91 Å². The Bertz CT molecular complexity index is 422. The van der Waals surface area contributed by atoms with E-state index in [1.165, 1.54) is 7.11 Å². The van der Waals surface area contributed by atoms with Gasteiger partial charge in [-0.05, 0) is 31.2 Å². The monoisotopic (exact) mass is 249 g/mol. The van der Waals surface area contributed by atoms with Crippen molar-refractivity contribution in [3.8, 4) is 5.75 Å². The van der Waals surface area contributed by atoms with Gasteiger partial charge in [0.2, 0.25) is 0 Å². The van der Waals surface area contributed by atoms with Crippen LogP contribution in [0.1, 0.15) is 29.6 Å². The highest BCUT2D eigenvalue weighted by molar-refractivity contribution is 5.96. The molecule has 2 atom stereocenters. The summed E-state index contributed by atoms with van der Waals surface area (Å²) in [6.07, 6.45) is 6.27. The zero-order chi connectivity index (χ0) is 13.0. The van der Waals surface area contributed by atoms with Crippen molar-refractivity contribution in [2.45, 2.75) is 25.3 Å². The maximum absolute atomic E-state index is 12.0. The molecule has 5 nitrogen and oxygen atoms in total. The van der Waals surface area contributed by atoms with E-state index < -0.39 is 0 Å². The molecule has 98 valence electrons. The van der Waals surface area contributed by atoms with Crippen LogP contribution < -0.4 is 15.8 Å². The van der Waals surface area contributed by atoms with E-state index in [9.17, 15) is 4.79 Å². The number of nitrogens with one attached hydrogen (secondary N) is 1. The Kier molecular flexibility index (Phi) is 4.15. The van der Waals surface area contributed by atoms with Crippen LogP contribution in [0.4, 0.5) is 0 Å². The first-order chi connectivity index (χ1) is 8.70. The number of amides is 1. The number of carbonyl (C=O) groups excluding carboxylic acids is 1. The van der Waals surface area contributed by atoms with Gasteiger partial charge in [-0.25, -0.2) is 0 Å². The summed E-state index contributed by atoms with van der Waals surface area (Å²) in [5, 5.41) is 2.93. The number of aromatic nitrogens is 1. The van der Waals surface area contributed by atoms with Crippen LogP contribution >= 0.6 is 0 Å². The number of methoxy groups -OCH3 is 1. The summed E-state index contributed by atoms with van der Waals surface area (Å²) in [6.45, 7) is 0.679. The Morgan fingerprint density at radius 3 is 3.11 bits per heavy atom. The lowest BCUT2D eigenvalue weighted by molar-refractivity contribution is 0.0944. The average Bonchev–Trinajstić information content (AvgIpc) is 2.81. The van der Waals surface area contributed by atoms with Gasteiger partial charge in [-0.15, -0.1) is 0 Å². The fourth-order valence-corrected chi connectivity index (χ4v) is 2.36. The molecule has 1 fully saturated rings. The lowest BCUT2D eigenvalue weighted by atomic mass is 10.1. The Labute approximate surface area is 107 Å². The minimum absolute atomic E-state index is 0.116. The summed E-state index contributed by atoms with van der Waals surface area (Å²) >= 11 is 0. The number of hydrogen-bond acceptors (Lipinski definition) is 4. The van der Waals surface area contributed by atoms with Gasteiger partial charge < -0.3 is 15.8 Å². The fraction of sp³-hybridized carbons (Fsp3) is 0.538. The third-order valence-electron chi connectivity index (χ3n) is 3.38. The van der Waals surface area contributed by atoms with Crippen molar-refractivity contribution in [1.82, 2.24) is 10.3 Å². The summed E-state index contributed by atoms with van der Waals surface area (Å²) in [5.74, 6) is 0.879. The topological polar surface area (TPSA) is 77.2 Å². The lowest BCUT2D eigenvalue weighted by Gasteiger charge is -2.12. The molecule has 1 aliphatic rings. The molecule has 2 rings (SSSR count). The molecule has 18 heavy (non-hydrogen) atoms.